The maximum absolute atomic E-state index is 12.4. The summed E-state index contributed by atoms with van der Waals surface area (Å²) in [5.74, 6) is 0.474. The van der Waals surface area contributed by atoms with E-state index in [0.717, 1.165) is 17.1 Å². The van der Waals surface area contributed by atoms with Crippen LogP contribution in [0.1, 0.15) is 32.6 Å². The summed E-state index contributed by atoms with van der Waals surface area (Å²) in [5.41, 5.74) is 6.78. The molecule has 8 nitrogen and oxygen atoms in total. The molecule has 2 amide bonds. The molecule has 1 aromatic heterocycles. The van der Waals surface area contributed by atoms with Crippen LogP contribution in [0.2, 0.25) is 0 Å². The number of anilines is 1. The van der Waals surface area contributed by atoms with Crippen LogP contribution in [0.15, 0.2) is 18.2 Å². The molecule has 134 valence electrons. The van der Waals surface area contributed by atoms with Gasteiger partial charge in [0.15, 0.2) is 5.69 Å². The second kappa shape index (κ2) is 8.34. The lowest BCUT2D eigenvalue weighted by Gasteiger charge is -2.11. The average Bonchev–Trinajstić information content (AvgIpc) is 3.01. The summed E-state index contributed by atoms with van der Waals surface area (Å²) in [6.45, 7) is 2.45. The van der Waals surface area contributed by atoms with Crippen molar-refractivity contribution in [2.75, 3.05) is 26.5 Å². The Labute approximate surface area is 149 Å². The number of carbonyl (C=O) groups excluding carboxylic acids is 2. The minimum atomic E-state index is -0.407. The zero-order valence-electron chi connectivity index (χ0n) is 14.2. The highest BCUT2D eigenvalue weighted by Gasteiger charge is 2.21. The molecule has 0 radical (unpaired) electrons. The predicted molar refractivity (Wildman–Crippen MR) is 95.2 cm³/mol. The number of nitrogens with zero attached hydrogens (tertiary/aromatic N) is 1. The summed E-state index contributed by atoms with van der Waals surface area (Å²) in [6.07, 6.45) is 0. The highest BCUT2D eigenvalue weighted by atomic mass is 32.1. The van der Waals surface area contributed by atoms with Gasteiger partial charge in [0.2, 0.25) is 0 Å². The van der Waals surface area contributed by atoms with Crippen molar-refractivity contribution in [3.05, 3.63) is 34.3 Å². The summed E-state index contributed by atoms with van der Waals surface area (Å²) >= 11 is 0.887. The topological polar surface area (TPSA) is 116 Å². The SMILES string of the molecule is CCNC(=O)c1nsc(C(=O)NCc2cc(OC)ccc2OC)c1N. The van der Waals surface area contributed by atoms with E-state index < -0.39 is 11.8 Å². The van der Waals surface area contributed by atoms with E-state index in [1.54, 1.807) is 39.3 Å². The normalized spacial score (nSPS) is 10.2. The van der Waals surface area contributed by atoms with Crippen LogP contribution < -0.4 is 25.8 Å². The standard InChI is InChI=1S/C16H20N4O4S/c1-4-18-15(21)13-12(17)14(25-20-13)16(22)19-8-9-7-10(23-2)5-6-11(9)24-3/h5-7H,4,8,17H2,1-3H3,(H,18,21)(H,19,22). The summed E-state index contributed by atoms with van der Waals surface area (Å²) in [6, 6.07) is 5.30. The Bertz CT molecular complexity index is 775. The number of carbonyl (C=O) groups is 2. The van der Waals surface area contributed by atoms with Crippen molar-refractivity contribution in [2.24, 2.45) is 0 Å². The van der Waals surface area contributed by atoms with Gasteiger partial charge in [0.1, 0.15) is 16.4 Å². The molecule has 1 heterocycles. The van der Waals surface area contributed by atoms with Crippen molar-refractivity contribution >= 4 is 29.0 Å². The highest BCUT2D eigenvalue weighted by Crippen LogP contribution is 2.25. The van der Waals surface area contributed by atoms with Gasteiger partial charge in [0.25, 0.3) is 11.8 Å². The molecule has 0 saturated carbocycles. The Morgan fingerprint density at radius 1 is 1.20 bits per heavy atom. The van der Waals surface area contributed by atoms with Crippen molar-refractivity contribution in [2.45, 2.75) is 13.5 Å². The fourth-order valence-corrected chi connectivity index (χ4v) is 2.86. The Balaban J connectivity index is 2.12. The van der Waals surface area contributed by atoms with Crippen LogP contribution in [-0.4, -0.2) is 37.0 Å². The number of hydrogen-bond acceptors (Lipinski definition) is 7. The maximum Gasteiger partial charge on any atom is 0.273 e. The first-order chi connectivity index (χ1) is 12.0. The number of nitrogens with one attached hydrogen (secondary N) is 2. The molecule has 0 fully saturated rings. The smallest absolute Gasteiger partial charge is 0.273 e. The van der Waals surface area contributed by atoms with E-state index in [4.69, 9.17) is 15.2 Å². The van der Waals surface area contributed by atoms with Gasteiger partial charge in [-0.25, -0.2) is 0 Å². The van der Waals surface area contributed by atoms with Crippen molar-refractivity contribution in [3.8, 4) is 11.5 Å². The molecule has 9 heteroatoms. The number of benzene rings is 1. The van der Waals surface area contributed by atoms with E-state index in [2.05, 4.69) is 15.0 Å². The molecule has 2 rings (SSSR count). The van der Waals surface area contributed by atoms with Gasteiger partial charge in [-0.15, -0.1) is 0 Å². The van der Waals surface area contributed by atoms with Gasteiger partial charge in [-0.05, 0) is 36.7 Å². The largest absolute Gasteiger partial charge is 0.497 e. The fraction of sp³-hybridized carbons (Fsp3) is 0.312. The van der Waals surface area contributed by atoms with Crippen LogP contribution in [0, 0.1) is 0 Å². The zero-order chi connectivity index (χ0) is 18.4. The zero-order valence-corrected chi connectivity index (χ0v) is 15.0. The maximum atomic E-state index is 12.4. The molecular weight excluding hydrogens is 344 g/mol. The summed E-state index contributed by atoms with van der Waals surface area (Å²) in [5, 5.41) is 5.35. The first kappa shape index (κ1) is 18.5. The van der Waals surface area contributed by atoms with Crippen molar-refractivity contribution in [1.82, 2.24) is 15.0 Å². The average molecular weight is 364 g/mol. The minimum Gasteiger partial charge on any atom is -0.497 e. The summed E-state index contributed by atoms with van der Waals surface area (Å²) < 4.78 is 14.4. The fourth-order valence-electron chi connectivity index (χ4n) is 2.14. The molecule has 0 atom stereocenters. The van der Waals surface area contributed by atoms with E-state index in [1.165, 1.54) is 0 Å². The van der Waals surface area contributed by atoms with E-state index in [1.807, 2.05) is 0 Å². The second-order valence-electron chi connectivity index (χ2n) is 4.99. The van der Waals surface area contributed by atoms with Crippen LogP contribution in [0.4, 0.5) is 5.69 Å². The molecule has 0 saturated heterocycles. The summed E-state index contributed by atoms with van der Waals surface area (Å²) in [7, 11) is 3.11. The van der Waals surface area contributed by atoms with E-state index >= 15 is 0 Å². The van der Waals surface area contributed by atoms with E-state index in [9.17, 15) is 9.59 Å². The lowest BCUT2D eigenvalue weighted by atomic mass is 10.2. The van der Waals surface area contributed by atoms with Crippen LogP contribution >= 0.6 is 11.5 Å². The number of nitrogen functional groups attached to an aromatic ring is 1. The molecular formula is C16H20N4O4S. The minimum absolute atomic E-state index is 0.0657. The van der Waals surface area contributed by atoms with Crippen molar-refractivity contribution < 1.29 is 19.1 Å². The molecule has 0 aliphatic heterocycles. The monoisotopic (exact) mass is 364 g/mol. The first-order valence-electron chi connectivity index (χ1n) is 7.54. The number of hydrogen-bond donors (Lipinski definition) is 3. The lowest BCUT2D eigenvalue weighted by molar-refractivity contribution is 0.0950. The lowest BCUT2D eigenvalue weighted by Crippen LogP contribution is -2.25. The highest BCUT2D eigenvalue weighted by molar-refractivity contribution is 7.09. The molecule has 2 aromatic rings. The molecule has 1 aromatic carbocycles. The third-order valence-corrected chi connectivity index (χ3v) is 4.28. The van der Waals surface area contributed by atoms with Gasteiger partial charge in [0, 0.05) is 18.7 Å². The van der Waals surface area contributed by atoms with Crippen LogP contribution in [0.3, 0.4) is 0 Å². The number of nitrogens with two attached hydrogens (primary N) is 1. The first-order valence-corrected chi connectivity index (χ1v) is 8.31. The van der Waals surface area contributed by atoms with Gasteiger partial charge >= 0.3 is 0 Å². The van der Waals surface area contributed by atoms with E-state index in [-0.39, 0.29) is 22.8 Å². The Morgan fingerprint density at radius 3 is 2.60 bits per heavy atom. The third kappa shape index (κ3) is 4.18. The van der Waals surface area contributed by atoms with Crippen LogP contribution in [0.5, 0.6) is 11.5 Å². The Kier molecular flexibility index (Phi) is 6.18. The number of amides is 2. The Hall–Kier alpha value is -2.81. The molecule has 0 spiro atoms. The number of ether oxygens (including phenoxy) is 2. The van der Waals surface area contributed by atoms with Crippen LogP contribution in [-0.2, 0) is 6.54 Å². The van der Waals surface area contributed by atoms with Gasteiger partial charge in [0.05, 0.1) is 19.9 Å². The third-order valence-electron chi connectivity index (χ3n) is 3.41. The van der Waals surface area contributed by atoms with Gasteiger partial charge in [-0.2, -0.15) is 4.37 Å². The summed E-state index contributed by atoms with van der Waals surface area (Å²) in [4.78, 5) is 24.4. The predicted octanol–water partition coefficient (Wildman–Crippen LogP) is 1.42. The van der Waals surface area contributed by atoms with Gasteiger partial charge < -0.3 is 25.8 Å². The molecule has 0 aliphatic carbocycles. The van der Waals surface area contributed by atoms with Gasteiger partial charge in [-0.1, -0.05) is 0 Å². The Morgan fingerprint density at radius 2 is 1.96 bits per heavy atom. The second-order valence-corrected chi connectivity index (χ2v) is 5.77. The van der Waals surface area contributed by atoms with Crippen molar-refractivity contribution in [3.63, 3.8) is 0 Å². The number of methoxy groups -OCH3 is 2. The molecule has 0 aliphatic rings. The molecule has 25 heavy (non-hydrogen) atoms. The van der Waals surface area contributed by atoms with E-state index in [0.29, 0.717) is 18.0 Å². The molecule has 4 N–H and O–H groups in total. The molecule has 0 unspecified atom stereocenters. The quantitative estimate of drug-likeness (QED) is 0.684. The van der Waals surface area contributed by atoms with Gasteiger partial charge in [-0.3, -0.25) is 9.59 Å². The van der Waals surface area contributed by atoms with Crippen LogP contribution in [0.25, 0.3) is 0 Å². The molecule has 0 bridgehead atoms. The number of rotatable bonds is 7. The van der Waals surface area contributed by atoms with Crippen molar-refractivity contribution in [1.29, 1.82) is 0 Å². The number of aromatic nitrogens is 1.